The number of H-pyrrole nitrogens is 1. The van der Waals surface area contributed by atoms with Crippen molar-refractivity contribution in [2.24, 2.45) is 29.6 Å². The highest BCUT2D eigenvalue weighted by Gasteiger charge is 2.69. The van der Waals surface area contributed by atoms with Crippen LogP contribution in [-0.2, 0) is 14.4 Å². The molecule has 4 aromatic rings. The lowest BCUT2D eigenvalue weighted by atomic mass is 9.68. The minimum atomic E-state index is -0.460. The number of carbonyl (C=O) groups is 3. The lowest BCUT2D eigenvalue weighted by molar-refractivity contribution is -0.123. The number of aromatic amines is 1. The first kappa shape index (κ1) is 28.3. The smallest absolute Gasteiger partial charge is 0.305 e. The molecule has 2 aliphatic carbocycles. The van der Waals surface area contributed by atoms with Gasteiger partial charge in [0.2, 0.25) is 11.8 Å². The average molecular weight is 642 g/mol. The summed E-state index contributed by atoms with van der Waals surface area (Å²) < 4.78 is 19.6. The van der Waals surface area contributed by atoms with Gasteiger partial charge < -0.3 is 15.0 Å². The lowest BCUT2D eigenvalue weighted by Crippen LogP contribution is -2.42. The molecule has 11 heteroatoms. The molecule has 0 unspecified atom stereocenters. The number of imide groups is 1. The average Bonchev–Trinajstić information content (AvgIpc) is 3.77. The zero-order valence-electron chi connectivity index (χ0n) is 24.1. The van der Waals surface area contributed by atoms with Crippen molar-refractivity contribution in [3.8, 4) is 5.75 Å². The van der Waals surface area contributed by atoms with Gasteiger partial charge >= 0.3 is 4.87 Å². The van der Waals surface area contributed by atoms with Crippen molar-refractivity contribution in [2.75, 3.05) is 16.8 Å². The minimum Gasteiger partial charge on any atom is -0.484 e. The molecule has 1 aromatic heterocycles. The van der Waals surface area contributed by atoms with Crippen LogP contribution in [0.15, 0.2) is 82.6 Å². The zero-order chi connectivity index (χ0) is 31.0. The summed E-state index contributed by atoms with van der Waals surface area (Å²) >= 11 is 2.81. The molecule has 2 saturated carbocycles. The molecule has 228 valence electrons. The van der Waals surface area contributed by atoms with E-state index in [9.17, 15) is 23.6 Å². The van der Waals surface area contributed by atoms with Crippen molar-refractivity contribution in [3.63, 3.8) is 0 Å². The first-order chi connectivity index (χ1) is 21.8. The third kappa shape index (κ3) is 4.54. The fourth-order valence-corrected chi connectivity index (χ4v) is 11.0. The molecule has 3 heterocycles. The van der Waals surface area contributed by atoms with Gasteiger partial charge in [0.15, 0.2) is 6.61 Å². The Morgan fingerprint density at radius 2 is 1.76 bits per heavy atom. The van der Waals surface area contributed by atoms with Crippen molar-refractivity contribution >= 4 is 52.2 Å². The number of rotatable bonds is 6. The molecular formula is C34H28FN3O5S2. The molecule has 3 amide bonds. The summed E-state index contributed by atoms with van der Waals surface area (Å²) in [5, 5.41) is 3.74. The van der Waals surface area contributed by atoms with Crippen LogP contribution in [0, 0.1) is 42.3 Å². The summed E-state index contributed by atoms with van der Waals surface area (Å²) in [5.74, 6) is -1.76. The number of benzene rings is 3. The van der Waals surface area contributed by atoms with E-state index in [4.69, 9.17) is 4.74 Å². The molecule has 2 bridgehead atoms. The van der Waals surface area contributed by atoms with E-state index in [-0.39, 0.29) is 58.1 Å². The van der Waals surface area contributed by atoms with Gasteiger partial charge in [-0.15, -0.1) is 11.8 Å². The quantitative estimate of drug-likeness (QED) is 0.266. The molecular weight excluding hydrogens is 614 g/mol. The molecule has 0 spiro atoms. The number of halogens is 1. The fraction of sp³-hybridized carbons (Fsp3) is 0.294. The Kier molecular flexibility index (Phi) is 6.72. The minimum absolute atomic E-state index is 0.0183. The number of hydrogen-bond acceptors (Lipinski definition) is 7. The Hall–Kier alpha value is -4.22. The normalized spacial score (nSPS) is 27.7. The Balaban J connectivity index is 1.09. The van der Waals surface area contributed by atoms with E-state index >= 15 is 0 Å². The number of ether oxygens (including phenoxy) is 1. The first-order valence-electron chi connectivity index (χ1n) is 14.9. The molecule has 2 aliphatic heterocycles. The molecule has 45 heavy (non-hydrogen) atoms. The number of aromatic nitrogens is 1. The summed E-state index contributed by atoms with van der Waals surface area (Å²) in [7, 11) is 0. The first-order valence-corrected chi connectivity index (χ1v) is 16.6. The van der Waals surface area contributed by atoms with Crippen LogP contribution in [0.5, 0.6) is 5.75 Å². The summed E-state index contributed by atoms with van der Waals surface area (Å²) in [4.78, 5) is 58.0. The number of carbonyl (C=O) groups excluding carboxylic acids is 3. The lowest BCUT2D eigenvalue weighted by Gasteiger charge is -2.43. The molecule has 3 fully saturated rings. The second-order valence-electron chi connectivity index (χ2n) is 12.2. The van der Waals surface area contributed by atoms with Crippen LogP contribution in [0.3, 0.4) is 0 Å². The van der Waals surface area contributed by atoms with Crippen LogP contribution in [0.4, 0.5) is 15.8 Å². The second kappa shape index (κ2) is 10.7. The van der Waals surface area contributed by atoms with Crippen molar-refractivity contribution in [3.05, 3.63) is 104 Å². The predicted octanol–water partition coefficient (Wildman–Crippen LogP) is 5.58. The van der Waals surface area contributed by atoms with Gasteiger partial charge in [0.05, 0.1) is 22.5 Å². The van der Waals surface area contributed by atoms with E-state index in [0.717, 1.165) is 33.1 Å². The third-order valence-electron chi connectivity index (χ3n) is 9.82. The zero-order valence-corrected chi connectivity index (χ0v) is 25.7. The summed E-state index contributed by atoms with van der Waals surface area (Å²) in [6, 6.07) is 20.6. The number of hydrogen-bond donors (Lipinski definition) is 2. The molecule has 8 nitrogen and oxygen atoms in total. The van der Waals surface area contributed by atoms with Crippen LogP contribution in [0.2, 0.25) is 0 Å². The van der Waals surface area contributed by atoms with Crippen LogP contribution >= 0.6 is 23.1 Å². The Labute approximate surface area is 266 Å². The molecule has 0 radical (unpaired) electrons. The van der Waals surface area contributed by atoms with Crippen molar-refractivity contribution in [2.45, 2.75) is 29.5 Å². The number of fused-ring (bicyclic) bond motifs is 9. The highest BCUT2D eigenvalue weighted by Crippen LogP contribution is 2.68. The van der Waals surface area contributed by atoms with Gasteiger partial charge in [-0.2, -0.15) is 0 Å². The van der Waals surface area contributed by atoms with E-state index < -0.39 is 17.7 Å². The van der Waals surface area contributed by atoms with Crippen molar-refractivity contribution in [1.29, 1.82) is 0 Å². The number of thioether (sulfide) groups is 1. The van der Waals surface area contributed by atoms with E-state index in [1.807, 2.05) is 49.4 Å². The topological polar surface area (TPSA) is 109 Å². The molecule has 7 atom stereocenters. The maximum absolute atomic E-state index is 13.9. The van der Waals surface area contributed by atoms with Crippen LogP contribution < -0.4 is 19.8 Å². The Morgan fingerprint density at radius 3 is 2.53 bits per heavy atom. The number of aryl methyl sites for hydroxylation is 1. The van der Waals surface area contributed by atoms with Crippen LogP contribution in [-0.4, -0.2) is 34.6 Å². The highest BCUT2D eigenvalue weighted by molar-refractivity contribution is 8.00. The largest absolute Gasteiger partial charge is 0.484 e. The van der Waals surface area contributed by atoms with Gasteiger partial charge in [-0.05, 0) is 84.7 Å². The summed E-state index contributed by atoms with van der Waals surface area (Å²) in [5.41, 5.74) is 3.02. The second-order valence-corrected chi connectivity index (χ2v) is 14.4. The summed E-state index contributed by atoms with van der Waals surface area (Å²) in [6.07, 6.45) is 0.761. The number of thiazole rings is 1. The monoisotopic (exact) mass is 641 g/mol. The van der Waals surface area contributed by atoms with E-state index in [1.165, 1.54) is 40.5 Å². The van der Waals surface area contributed by atoms with Gasteiger partial charge in [0, 0.05) is 21.7 Å². The van der Waals surface area contributed by atoms with Gasteiger partial charge in [-0.25, -0.2) is 4.39 Å². The van der Waals surface area contributed by atoms with E-state index in [0.29, 0.717) is 11.4 Å². The number of nitrogens with one attached hydrogen (secondary N) is 2. The van der Waals surface area contributed by atoms with Gasteiger partial charge in [0.25, 0.3) is 5.91 Å². The standard InChI is InChI=1S/C34H28FN3O5S2/c1-16-5-2-3-8-23(16)36-24(39)15-43-20-7-4-6-17(13-20)25-26-21-14-22(29(26)44-31-30(25)45-34(42)37-31)28-27(21)32(40)38(33(28)41)19-11-9-18(35)10-12-19/h2-13,21-22,25-29H,14-15H2,1H3,(H,36,39)(H,37,42)/t21-,22-,25+,26-,27+,28+,29-/m1/s1. The number of anilines is 2. The Bertz CT molecular complexity index is 1920. The maximum Gasteiger partial charge on any atom is 0.305 e. The SMILES string of the molecule is Cc1ccccc1NC(=O)COc1cccc([C@@H]2c3sc(=O)[nH]c3S[C@@H]3[C@@H]4C[C@@H]([C@@H]5C(=O)N(c6ccc(F)cc6)C(=O)[C@@H]45)[C@H]23)c1. The number of para-hydroxylation sites is 1. The molecule has 8 rings (SSSR count). The summed E-state index contributed by atoms with van der Waals surface area (Å²) in [6.45, 7) is 1.75. The number of amides is 3. The van der Waals surface area contributed by atoms with Crippen molar-refractivity contribution < 1.29 is 23.5 Å². The fourth-order valence-electron chi connectivity index (χ4n) is 8.08. The third-order valence-corrected chi connectivity index (χ3v) is 12.4. The van der Waals surface area contributed by atoms with Gasteiger partial charge in [-0.1, -0.05) is 41.7 Å². The molecule has 3 aromatic carbocycles. The Morgan fingerprint density at radius 1 is 1.00 bits per heavy atom. The van der Waals surface area contributed by atoms with Crippen LogP contribution in [0.25, 0.3) is 0 Å². The van der Waals surface area contributed by atoms with Crippen LogP contribution in [0.1, 0.15) is 28.3 Å². The van der Waals surface area contributed by atoms with Crippen molar-refractivity contribution in [1.82, 2.24) is 4.98 Å². The number of nitrogens with zero attached hydrogens (tertiary/aromatic N) is 1. The highest BCUT2D eigenvalue weighted by atomic mass is 32.2. The van der Waals surface area contributed by atoms with E-state index in [1.54, 1.807) is 17.8 Å². The molecule has 4 aliphatic rings. The molecule has 2 N–H and O–H groups in total. The van der Waals surface area contributed by atoms with Gasteiger partial charge in [0.1, 0.15) is 11.6 Å². The maximum atomic E-state index is 13.9. The van der Waals surface area contributed by atoms with Gasteiger partial charge in [-0.3, -0.25) is 24.1 Å². The molecule has 1 saturated heterocycles. The predicted molar refractivity (Wildman–Crippen MR) is 169 cm³/mol. The van der Waals surface area contributed by atoms with E-state index in [2.05, 4.69) is 10.3 Å².